The number of methoxy groups -OCH3 is 1. The van der Waals surface area contributed by atoms with Crippen molar-refractivity contribution in [2.45, 2.75) is 11.8 Å². The van der Waals surface area contributed by atoms with E-state index in [1.807, 2.05) is 6.92 Å². The summed E-state index contributed by atoms with van der Waals surface area (Å²) in [5.74, 6) is -1.58. The molecule has 0 fully saturated rings. The Kier molecular flexibility index (Phi) is 6.05. The molecule has 0 heterocycles. The van der Waals surface area contributed by atoms with Gasteiger partial charge in [-0.15, -0.1) is 0 Å². The molecule has 20 heavy (non-hydrogen) atoms. The van der Waals surface area contributed by atoms with Crippen LogP contribution in [0.15, 0.2) is 23.1 Å². The van der Waals surface area contributed by atoms with E-state index in [2.05, 4.69) is 14.8 Å². The van der Waals surface area contributed by atoms with Crippen LogP contribution < -0.4 is 10.0 Å². The van der Waals surface area contributed by atoms with Gasteiger partial charge in [-0.25, -0.2) is 22.3 Å². The quantitative estimate of drug-likeness (QED) is 0.566. The molecule has 112 valence electrons. The third kappa shape index (κ3) is 4.26. The zero-order chi connectivity index (χ0) is 15.2. The minimum Gasteiger partial charge on any atom is -0.465 e. The van der Waals surface area contributed by atoms with E-state index >= 15 is 0 Å². The Labute approximate surface area is 117 Å². The molecule has 0 amide bonds. The Balaban J connectivity index is 3.03. The number of hydrogen-bond acceptors (Lipinski definition) is 5. The highest BCUT2D eigenvalue weighted by Gasteiger charge is 2.23. The molecule has 0 bridgehead atoms. The lowest BCUT2D eigenvalue weighted by Crippen LogP contribution is -2.32. The van der Waals surface area contributed by atoms with Crippen LogP contribution in [-0.4, -0.2) is 41.1 Å². The molecule has 1 aromatic carbocycles. The molecule has 1 rings (SSSR count). The molecule has 0 aromatic heterocycles. The maximum absolute atomic E-state index is 13.2. The van der Waals surface area contributed by atoms with Gasteiger partial charge < -0.3 is 10.1 Å². The first-order chi connectivity index (χ1) is 9.42. The van der Waals surface area contributed by atoms with Gasteiger partial charge in [0.2, 0.25) is 10.0 Å². The van der Waals surface area contributed by atoms with Gasteiger partial charge in [-0.1, -0.05) is 6.92 Å². The minimum atomic E-state index is -3.98. The van der Waals surface area contributed by atoms with Gasteiger partial charge in [0.25, 0.3) is 0 Å². The lowest BCUT2D eigenvalue weighted by molar-refractivity contribution is 0.0596. The number of nitrogens with one attached hydrogen (secondary N) is 2. The molecule has 8 heteroatoms. The Bertz CT molecular complexity index is 575. The third-order valence-electron chi connectivity index (χ3n) is 2.48. The van der Waals surface area contributed by atoms with Crippen molar-refractivity contribution in [2.24, 2.45) is 0 Å². The van der Waals surface area contributed by atoms with Crippen molar-refractivity contribution >= 4 is 16.0 Å². The summed E-state index contributed by atoms with van der Waals surface area (Å²) >= 11 is 0. The average Bonchev–Trinajstić information content (AvgIpc) is 2.42. The van der Waals surface area contributed by atoms with Gasteiger partial charge in [0.1, 0.15) is 5.82 Å². The van der Waals surface area contributed by atoms with Gasteiger partial charge in [0, 0.05) is 13.1 Å². The maximum atomic E-state index is 13.2. The highest BCUT2D eigenvalue weighted by atomic mass is 32.2. The summed E-state index contributed by atoms with van der Waals surface area (Å²) in [4.78, 5) is 11.1. The average molecular weight is 304 g/mol. The molecule has 0 radical (unpaired) electrons. The highest BCUT2D eigenvalue weighted by Crippen LogP contribution is 2.18. The van der Waals surface area contributed by atoms with E-state index < -0.39 is 26.7 Å². The van der Waals surface area contributed by atoms with E-state index in [0.29, 0.717) is 13.1 Å². The van der Waals surface area contributed by atoms with Crippen LogP contribution in [0.5, 0.6) is 0 Å². The van der Waals surface area contributed by atoms with Crippen LogP contribution in [0.4, 0.5) is 4.39 Å². The maximum Gasteiger partial charge on any atom is 0.339 e. The Hall–Kier alpha value is -1.51. The summed E-state index contributed by atoms with van der Waals surface area (Å²) in [7, 11) is -2.85. The molecule has 2 N–H and O–H groups in total. The topological polar surface area (TPSA) is 84.5 Å². The number of ether oxygens (including phenoxy) is 1. The molecule has 0 saturated heterocycles. The fourth-order valence-corrected chi connectivity index (χ4v) is 2.76. The zero-order valence-corrected chi connectivity index (χ0v) is 12.1. The number of halogens is 1. The first kappa shape index (κ1) is 16.5. The molecule has 0 aliphatic carbocycles. The number of rotatable bonds is 7. The number of carbonyl (C=O) groups is 1. The molecule has 0 saturated carbocycles. The van der Waals surface area contributed by atoms with Gasteiger partial charge in [0.15, 0.2) is 0 Å². The summed E-state index contributed by atoms with van der Waals surface area (Å²) in [6.07, 6.45) is 0. The van der Waals surface area contributed by atoms with Crippen LogP contribution in [0.2, 0.25) is 0 Å². The van der Waals surface area contributed by atoms with Gasteiger partial charge in [-0.2, -0.15) is 0 Å². The Morgan fingerprint density at radius 2 is 2.05 bits per heavy atom. The van der Waals surface area contributed by atoms with Crippen molar-refractivity contribution in [3.8, 4) is 0 Å². The third-order valence-corrected chi connectivity index (χ3v) is 3.98. The number of esters is 1. The highest BCUT2D eigenvalue weighted by molar-refractivity contribution is 7.89. The molecule has 6 nitrogen and oxygen atoms in total. The molecule has 0 aliphatic heterocycles. The van der Waals surface area contributed by atoms with Crippen molar-refractivity contribution in [2.75, 3.05) is 26.7 Å². The van der Waals surface area contributed by atoms with Crippen LogP contribution in [0, 0.1) is 5.82 Å². The van der Waals surface area contributed by atoms with E-state index in [4.69, 9.17) is 0 Å². The molecule has 0 unspecified atom stereocenters. The van der Waals surface area contributed by atoms with Gasteiger partial charge >= 0.3 is 5.97 Å². The second kappa shape index (κ2) is 7.32. The summed E-state index contributed by atoms with van der Waals surface area (Å²) in [6, 6.07) is 2.88. The summed E-state index contributed by atoms with van der Waals surface area (Å²) in [6.45, 7) is 3.15. The standard InChI is InChI=1S/C12H17FN2O4S/c1-3-14-6-7-15-20(17,18)11-8-9(13)4-5-10(11)12(16)19-2/h4-5,8,14-15H,3,6-7H2,1-2H3. The van der Waals surface area contributed by atoms with Crippen molar-refractivity contribution in [1.82, 2.24) is 10.0 Å². The smallest absolute Gasteiger partial charge is 0.339 e. The molecule has 0 aliphatic rings. The SMILES string of the molecule is CCNCCNS(=O)(=O)c1cc(F)ccc1C(=O)OC. The second-order valence-electron chi connectivity index (χ2n) is 3.88. The number of benzene rings is 1. The van der Waals surface area contributed by atoms with E-state index in [1.54, 1.807) is 0 Å². The zero-order valence-electron chi connectivity index (χ0n) is 11.3. The summed E-state index contributed by atoms with van der Waals surface area (Å²) in [5, 5.41) is 2.94. The number of sulfonamides is 1. The van der Waals surface area contributed by atoms with Crippen molar-refractivity contribution in [1.29, 1.82) is 0 Å². The Morgan fingerprint density at radius 3 is 2.65 bits per heavy atom. The molecular weight excluding hydrogens is 287 g/mol. The Morgan fingerprint density at radius 1 is 1.35 bits per heavy atom. The van der Waals surface area contributed by atoms with Gasteiger partial charge in [-0.3, -0.25) is 0 Å². The summed E-state index contributed by atoms with van der Waals surface area (Å²) < 4.78 is 44.2. The number of hydrogen-bond donors (Lipinski definition) is 2. The van der Waals surface area contributed by atoms with E-state index in [1.165, 1.54) is 0 Å². The van der Waals surface area contributed by atoms with E-state index in [0.717, 1.165) is 25.3 Å². The van der Waals surface area contributed by atoms with Crippen LogP contribution in [0.1, 0.15) is 17.3 Å². The van der Waals surface area contributed by atoms with Crippen LogP contribution in [0.3, 0.4) is 0 Å². The first-order valence-electron chi connectivity index (χ1n) is 6.00. The predicted octanol–water partition coefficient (Wildman–Crippen LogP) is 0.500. The van der Waals surface area contributed by atoms with Gasteiger partial charge in [0.05, 0.1) is 17.6 Å². The van der Waals surface area contributed by atoms with E-state index in [9.17, 15) is 17.6 Å². The van der Waals surface area contributed by atoms with Crippen LogP contribution in [-0.2, 0) is 14.8 Å². The number of carbonyl (C=O) groups excluding carboxylic acids is 1. The molecule has 1 aromatic rings. The largest absolute Gasteiger partial charge is 0.465 e. The number of likely N-dealkylation sites (N-methyl/N-ethyl adjacent to an activating group) is 1. The first-order valence-corrected chi connectivity index (χ1v) is 7.49. The normalized spacial score (nSPS) is 11.3. The van der Waals surface area contributed by atoms with Crippen LogP contribution in [0.25, 0.3) is 0 Å². The lowest BCUT2D eigenvalue weighted by atomic mass is 10.2. The molecule has 0 atom stereocenters. The molecular formula is C12H17FN2O4S. The fourth-order valence-electron chi connectivity index (χ4n) is 1.53. The fraction of sp³-hybridized carbons (Fsp3) is 0.417. The second-order valence-corrected chi connectivity index (χ2v) is 5.62. The van der Waals surface area contributed by atoms with Crippen molar-refractivity contribution in [3.63, 3.8) is 0 Å². The predicted molar refractivity (Wildman–Crippen MR) is 71.5 cm³/mol. The van der Waals surface area contributed by atoms with E-state index in [-0.39, 0.29) is 12.1 Å². The minimum absolute atomic E-state index is 0.132. The van der Waals surface area contributed by atoms with Crippen molar-refractivity contribution in [3.05, 3.63) is 29.6 Å². The van der Waals surface area contributed by atoms with Crippen molar-refractivity contribution < 1.29 is 22.3 Å². The monoisotopic (exact) mass is 304 g/mol. The molecule has 0 spiro atoms. The lowest BCUT2D eigenvalue weighted by Gasteiger charge is -2.10. The van der Waals surface area contributed by atoms with Crippen LogP contribution >= 0.6 is 0 Å². The summed E-state index contributed by atoms with van der Waals surface area (Å²) in [5.41, 5.74) is -0.204. The van der Waals surface area contributed by atoms with Gasteiger partial charge in [-0.05, 0) is 24.7 Å².